The van der Waals surface area contributed by atoms with E-state index >= 15 is 0 Å². The predicted molar refractivity (Wildman–Crippen MR) is 93.0 cm³/mol. The third kappa shape index (κ3) is 4.54. The van der Waals surface area contributed by atoms with Crippen LogP contribution < -0.4 is 5.32 Å². The molecule has 1 atom stereocenters. The van der Waals surface area contributed by atoms with Crippen LogP contribution in [0.1, 0.15) is 34.7 Å². The molecule has 8 heteroatoms. The zero-order valence-electron chi connectivity index (χ0n) is 13.8. The summed E-state index contributed by atoms with van der Waals surface area (Å²) in [6.45, 7) is 2.76. The number of hydrogen-bond acceptors (Lipinski definition) is 4. The van der Waals surface area contributed by atoms with Crippen LogP contribution in [0, 0.1) is 5.82 Å². The second kappa shape index (κ2) is 7.60. The van der Waals surface area contributed by atoms with Gasteiger partial charge in [-0.1, -0.05) is 15.9 Å². The zero-order chi connectivity index (χ0) is 18.7. The van der Waals surface area contributed by atoms with Crippen LogP contribution in [0.5, 0.6) is 0 Å². The van der Waals surface area contributed by atoms with E-state index in [4.69, 9.17) is 4.74 Å². The topological polar surface area (TPSA) is 77.4 Å². The molecular weight excluding hydrogens is 395 g/mol. The maximum atomic E-state index is 13.7. The third-order valence-electron chi connectivity index (χ3n) is 3.46. The van der Waals surface area contributed by atoms with Gasteiger partial charge < -0.3 is 14.6 Å². The second-order valence-electron chi connectivity index (χ2n) is 5.44. The molecule has 2 aromatic rings. The summed E-state index contributed by atoms with van der Waals surface area (Å²) >= 11 is 3.12. The average Bonchev–Trinajstić information content (AvgIpc) is 2.92. The Morgan fingerprint density at radius 3 is 2.52 bits per heavy atom. The molecule has 1 aromatic carbocycles. The van der Waals surface area contributed by atoms with Gasteiger partial charge in [-0.2, -0.15) is 0 Å². The molecule has 0 aliphatic heterocycles. The fourth-order valence-corrected chi connectivity index (χ4v) is 2.39. The van der Waals surface area contributed by atoms with Gasteiger partial charge in [0.05, 0.1) is 5.69 Å². The van der Waals surface area contributed by atoms with E-state index in [-0.39, 0.29) is 17.2 Å². The van der Waals surface area contributed by atoms with Crippen LogP contribution in [0.4, 0.5) is 10.1 Å². The Bertz CT molecular complexity index is 847. The molecule has 6 nitrogen and oxygen atoms in total. The smallest absolute Gasteiger partial charge is 0.355 e. The minimum atomic E-state index is -1.15. The highest BCUT2D eigenvalue weighted by Gasteiger charge is 2.22. The highest BCUT2D eigenvalue weighted by atomic mass is 79.9. The fourth-order valence-electron chi connectivity index (χ4n) is 2.06. The number of aromatic nitrogens is 1. The van der Waals surface area contributed by atoms with Crippen molar-refractivity contribution in [1.29, 1.82) is 0 Å². The summed E-state index contributed by atoms with van der Waals surface area (Å²) in [6.07, 6.45) is 0.354. The van der Waals surface area contributed by atoms with Crippen molar-refractivity contribution in [3.05, 3.63) is 52.0 Å². The van der Waals surface area contributed by atoms with Crippen molar-refractivity contribution in [2.24, 2.45) is 7.05 Å². The molecule has 1 N–H and O–H groups in total. The Balaban J connectivity index is 2.05. The quantitative estimate of drug-likeness (QED) is 0.605. The highest BCUT2D eigenvalue weighted by Crippen LogP contribution is 2.20. The van der Waals surface area contributed by atoms with Gasteiger partial charge in [-0.05, 0) is 38.1 Å². The lowest BCUT2D eigenvalue weighted by molar-refractivity contribution is -0.123. The van der Waals surface area contributed by atoms with E-state index < -0.39 is 23.8 Å². The monoisotopic (exact) mass is 410 g/mol. The van der Waals surface area contributed by atoms with Crippen molar-refractivity contribution >= 4 is 39.3 Å². The Hall–Kier alpha value is -2.48. The first-order valence-electron chi connectivity index (χ1n) is 7.33. The first kappa shape index (κ1) is 18.9. The number of nitrogens with one attached hydrogen (secondary N) is 1. The van der Waals surface area contributed by atoms with E-state index in [0.29, 0.717) is 10.0 Å². The number of hydrogen-bond donors (Lipinski definition) is 1. The van der Waals surface area contributed by atoms with Crippen LogP contribution >= 0.6 is 15.9 Å². The number of ketones is 1. The number of amides is 1. The number of nitrogens with zero attached hydrogens (tertiary/aromatic N) is 1. The van der Waals surface area contributed by atoms with E-state index in [9.17, 15) is 18.8 Å². The summed E-state index contributed by atoms with van der Waals surface area (Å²) in [4.78, 5) is 35.6. The summed E-state index contributed by atoms with van der Waals surface area (Å²) in [5.74, 6) is -2.23. The van der Waals surface area contributed by atoms with Gasteiger partial charge in [0, 0.05) is 23.3 Å². The standard InChI is InChI=1S/C17H16BrFN2O4/c1-9(22)11-6-15(21(3)8-11)17(24)25-10(2)16(23)20-14-5-4-12(18)7-13(14)19/h4-8,10H,1-3H3,(H,20,23)/t10-/m1/s1. The molecule has 0 bridgehead atoms. The van der Waals surface area contributed by atoms with Gasteiger partial charge >= 0.3 is 5.97 Å². The maximum Gasteiger partial charge on any atom is 0.355 e. The van der Waals surface area contributed by atoms with Gasteiger partial charge in [0.25, 0.3) is 5.91 Å². The summed E-state index contributed by atoms with van der Waals surface area (Å²) in [5.41, 5.74) is 0.483. The van der Waals surface area contributed by atoms with Crippen molar-refractivity contribution in [3.8, 4) is 0 Å². The largest absolute Gasteiger partial charge is 0.448 e. The van der Waals surface area contributed by atoms with Crippen LogP contribution in [0.25, 0.3) is 0 Å². The molecule has 2 rings (SSSR count). The minimum absolute atomic E-state index is 0.0196. The lowest BCUT2D eigenvalue weighted by Crippen LogP contribution is -2.30. The number of esters is 1. The molecule has 0 aliphatic rings. The lowest BCUT2D eigenvalue weighted by Gasteiger charge is -2.14. The van der Waals surface area contributed by atoms with Crippen molar-refractivity contribution < 1.29 is 23.5 Å². The SMILES string of the molecule is CC(=O)c1cc(C(=O)O[C@H](C)C(=O)Nc2ccc(Br)cc2F)n(C)c1. The lowest BCUT2D eigenvalue weighted by atomic mass is 10.2. The average molecular weight is 411 g/mol. The Morgan fingerprint density at radius 1 is 1.28 bits per heavy atom. The molecule has 0 aliphatic carbocycles. The van der Waals surface area contributed by atoms with E-state index in [1.807, 2.05) is 0 Å². The molecule has 25 heavy (non-hydrogen) atoms. The van der Waals surface area contributed by atoms with Gasteiger partial charge in [-0.15, -0.1) is 0 Å². The number of Topliss-reactive ketones (excluding diaryl/α,β-unsaturated/α-hetero) is 1. The summed E-state index contributed by atoms with van der Waals surface area (Å²) in [6, 6.07) is 5.56. The number of rotatable bonds is 5. The van der Waals surface area contributed by atoms with Crippen LogP contribution in [-0.4, -0.2) is 28.3 Å². The van der Waals surface area contributed by atoms with Crippen LogP contribution in [0.3, 0.4) is 0 Å². The number of aryl methyl sites for hydroxylation is 1. The van der Waals surface area contributed by atoms with E-state index in [1.165, 1.54) is 42.8 Å². The van der Waals surface area contributed by atoms with E-state index in [1.54, 1.807) is 13.1 Å². The van der Waals surface area contributed by atoms with Gasteiger partial charge in [-0.25, -0.2) is 9.18 Å². The molecule has 0 fully saturated rings. The molecule has 0 saturated heterocycles. The Kier molecular flexibility index (Phi) is 5.73. The molecule has 0 unspecified atom stereocenters. The van der Waals surface area contributed by atoms with E-state index in [0.717, 1.165) is 0 Å². The first-order valence-corrected chi connectivity index (χ1v) is 8.12. The summed E-state index contributed by atoms with van der Waals surface area (Å²) < 4.78 is 20.8. The van der Waals surface area contributed by atoms with Crippen LogP contribution in [-0.2, 0) is 16.6 Å². The molecule has 1 aromatic heterocycles. The maximum absolute atomic E-state index is 13.7. The number of carbonyl (C=O) groups is 3. The number of ether oxygens (including phenoxy) is 1. The van der Waals surface area contributed by atoms with Gasteiger partial charge in [0.15, 0.2) is 11.9 Å². The highest BCUT2D eigenvalue weighted by molar-refractivity contribution is 9.10. The van der Waals surface area contributed by atoms with Gasteiger partial charge in [-0.3, -0.25) is 9.59 Å². The van der Waals surface area contributed by atoms with Crippen molar-refractivity contribution in [3.63, 3.8) is 0 Å². The van der Waals surface area contributed by atoms with Gasteiger partial charge in [0.2, 0.25) is 0 Å². The van der Waals surface area contributed by atoms with Gasteiger partial charge in [0.1, 0.15) is 11.5 Å². The minimum Gasteiger partial charge on any atom is -0.448 e. The molecule has 0 spiro atoms. The molecule has 0 saturated carbocycles. The summed E-state index contributed by atoms with van der Waals surface area (Å²) in [7, 11) is 1.59. The predicted octanol–water partition coefficient (Wildman–Crippen LogP) is 3.31. The number of benzene rings is 1. The summed E-state index contributed by atoms with van der Waals surface area (Å²) in [5, 5.41) is 2.36. The molecule has 0 radical (unpaired) electrons. The van der Waals surface area contributed by atoms with Crippen molar-refractivity contribution in [1.82, 2.24) is 4.57 Å². The number of halogens is 2. The second-order valence-corrected chi connectivity index (χ2v) is 6.36. The third-order valence-corrected chi connectivity index (χ3v) is 3.96. The zero-order valence-corrected chi connectivity index (χ0v) is 15.4. The molecule has 1 amide bonds. The molecular formula is C17H16BrFN2O4. The first-order chi connectivity index (χ1) is 11.7. The van der Waals surface area contributed by atoms with Crippen molar-refractivity contribution in [2.75, 3.05) is 5.32 Å². The fraction of sp³-hybridized carbons (Fsp3) is 0.235. The molecule has 132 valence electrons. The number of anilines is 1. The normalized spacial score (nSPS) is 11.7. The van der Waals surface area contributed by atoms with E-state index in [2.05, 4.69) is 21.2 Å². The van der Waals surface area contributed by atoms with Crippen LogP contribution in [0.15, 0.2) is 34.9 Å². The molecule has 1 heterocycles. The number of carbonyl (C=O) groups excluding carboxylic acids is 3. The Labute approximate surface area is 152 Å². The van der Waals surface area contributed by atoms with Crippen molar-refractivity contribution in [2.45, 2.75) is 20.0 Å². The van der Waals surface area contributed by atoms with Crippen LogP contribution in [0.2, 0.25) is 0 Å². The Morgan fingerprint density at radius 2 is 1.96 bits per heavy atom.